The highest BCUT2D eigenvalue weighted by molar-refractivity contribution is 5.95. The lowest BCUT2D eigenvalue weighted by Crippen LogP contribution is -2.27. The zero-order chi connectivity index (χ0) is 15.0. The van der Waals surface area contributed by atoms with Crippen LogP contribution < -0.4 is 16.8 Å². The van der Waals surface area contributed by atoms with Gasteiger partial charge in [-0.2, -0.15) is 0 Å². The smallest absolute Gasteiger partial charge is 0.255 e. The van der Waals surface area contributed by atoms with Crippen molar-refractivity contribution in [2.75, 3.05) is 0 Å². The summed E-state index contributed by atoms with van der Waals surface area (Å²) in [5.74, 6) is -0.150. The number of nitrogens with one attached hydrogen (secondary N) is 1. The summed E-state index contributed by atoms with van der Waals surface area (Å²) >= 11 is 0. The summed E-state index contributed by atoms with van der Waals surface area (Å²) < 4.78 is 0. The first-order valence-corrected chi connectivity index (χ1v) is 6.97. The second-order valence-corrected chi connectivity index (χ2v) is 4.21. The van der Waals surface area contributed by atoms with Gasteiger partial charge in [-0.05, 0) is 30.5 Å². The Morgan fingerprint density at radius 3 is 2.30 bits per heavy atom. The van der Waals surface area contributed by atoms with Gasteiger partial charge in [-0.15, -0.1) is 0 Å². The van der Waals surface area contributed by atoms with E-state index in [0.717, 1.165) is 18.4 Å². The summed E-state index contributed by atoms with van der Waals surface area (Å²) in [5.41, 5.74) is 14.3. The zero-order valence-electron chi connectivity index (χ0n) is 12.1. The van der Waals surface area contributed by atoms with Crippen LogP contribution in [0.1, 0.15) is 42.6 Å². The molecule has 0 aliphatic heterocycles. The minimum absolute atomic E-state index is 0.150. The molecule has 1 aromatic rings. The number of carbonyl (C=O) groups is 1. The van der Waals surface area contributed by atoms with Crippen LogP contribution >= 0.6 is 0 Å². The van der Waals surface area contributed by atoms with Crippen LogP contribution in [0.5, 0.6) is 0 Å². The molecule has 2 rings (SSSR count). The molecule has 1 amide bonds. The van der Waals surface area contributed by atoms with Crippen molar-refractivity contribution < 1.29 is 4.79 Å². The molecule has 0 spiro atoms. The Kier molecular flexibility index (Phi) is 6.53. The number of rotatable bonds is 3. The Morgan fingerprint density at radius 2 is 1.75 bits per heavy atom. The third kappa shape index (κ3) is 4.24. The number of hydrogen-bond acceptors (Lipinski definition) is 3. The first-order valence-electron chi connectivity index (χ1n) is 6.97. The van der Waals surface area contributed by atoms with Crippen molar-refractivity contribution in [1.82, 2.24) is 5.32 Å². The lowest BCUT2D eigenvalue weighted by molar-refractivity contribution is 0.0966. The van der Waals surface area contributed by atoms with E-state index in [9.17, 15) is 4.79 Å². The van der Waals surface area contributed by atoms with Crippen molar-refractivity contribution in [3.8, 4) is 0 Å². The summed E-state index contributed by atoms with van der Waals surface area (Å²) in [4.78, 5) is 12.0. The van der Waals surface area contributed by atoms with Gasteiger partial charge in [0.2, 0.25) is 0 Å². The van der Waals surface area contributed by atoms with Crippen molar-refractivity contribution in [3.05, 3.63) is 58.9 Å². The fourth-order valence-electron chi connectivity index (χ4n) is 1.80. The van der Waals surface area contributed by atoms with Crippen LogP contribution in [0.4, 0.5) is 0 Å². The van der Waals surface area contributed by atoms with Gasteiger partial charge in [-0.1, -0.05) is 38.1 Å². The fourth-order valence-corrected chi connectivity index (χ4v) is 1.80. The zero-order valence-corrected chi connectivity index (χ0v) is 12.1. The van der Waals surface area contributed by atoms with Gasteiger partial charge < -0.3 is 16.8 Å². The van der Waals surface area contributed by atoms with E-state index >= 15 is 0 Å². The average Bonchev–Trinajstić information content (AvgIpc) is 2.51. The van der Waals surface area contributed by atoms with Crippen molar-refractivity contribution in [2.45, 2.75) is 33.2 Å². The van der Waals surface area contributed by atoms with E-state index in [0.29, 0.717) is 23.5 Å². The third-order valence-electron chi connectivity index (χ3n) is 2.89. The number of nitrogens with two attached hydrogens (primary N) is 2. The van der Waals surface area contributed by atoms with Gasteiger partial charge in [0.05, 0.1) is 11.4 Å². The molecule has 20 heavy (non-hydrogen) atoms. The molecule has 0 fully saturated rings. The molecule has 4 nitrogen and oxygen atoms in total. The van der Waals surface area contributed by atoms with Crippen molar-refractivity contribution in [3.63, 3.8) is 0 Å². The molecular weight excluding hydrogens is 250 g/mol. The van der Waals surface area contributed by atoms with Crippen LogP contribution in [0.2, 0.25) is 0 Å². The van der Waals surface area contributed by atoms with Crippen LogP contribution in [0.25, 0.3) is 0 Å². The Balaban J connectivity index is 0.000000956. The number of allylic oxidation sites excluding steroid dienone is 2. The Hall–Kier alpha value is -2.07. The second-order valence-electron chi connectivity index (χ2n) is 4.21. The van der Waals surface area contributed by atoms with Gasteiger partial charge in [0, 0.05) is 12.1 Å². The summed E-state index contributed by atoms with van der Waals surface area (Å²) in [6, 6.07) is 7.23. The summed E-state index contributed by atoms with van der Waals surface area (Å²) in [6.45, 7) is 4.47. The molecule has 0 unspecified atom stereocenters. The number of carbonyl (C=O) groups excluding carboxylic acids is 1. The molecule has 1 aliphatic carbocycles. The molecule has 1 aliphatic rings. The highest BCUT2D eigenvalue weighted by Gasteiger charge is 2.11. The Bertz CT molecular complexity index is 501. The van der Waals surface area contributed by atoms with E-state index in [-0.39, 0.29) is 5.91 Å². The van der Waals surface area contributed by atoms with Gasteiger partial charge in [0.1, 0.15) is 0 Å². The first kappa shape index (κ1) is 16.0. The maximum absolute atomic E-state index is 12.0. The predicted molar refractivity (Wildman–Crippen MR) is 82.7 cm³/mol. The molecule has 5 N–H and O–H groups in total. The molecule has 0 atom stereocenters. The lowest BCUT2D eigenvalue weighted by Gasteiger charge is -2.13. The number of benzene rings is 1. The maximum atomic E-state index is 12.0. The third-order valence-corrected chi connectivity index (χ3v) is 2.89. The summed E-state index contributed by atoms with van der Waals surface area (Å²) in [6.07, 6.45) is 5.70. The van der Waals surface area contributed by atoms with Gasteiger partial charge in [0.25, 0.3) is 5.91 Å². The number of hydrogen-bond donors (Lipinski definition) is 3. The standard InChI is InChI=1S/C14H17N3O.C2H6/c15-9-10-5-7-11(8-6-10)14(18)17-13-4-2-1-3-12(13)16;1-2/h3-8H,1-2,9,15-16H2,(H,17,18);1-2H3. The van der Waals surface area contributed by atoms with Crippen molar-refractivity contribution >= 4 is 5.91 Å². The van der Waals surface area contributed by atoms with Crippen LogP contribution in [0, 0.1) is 0 Å². The topological polar surface area (TPSA) is 81.1 Å². The monoisotopic (exact) mass is 273 g/mol. The molecule has 0 bridgehead atoms. The lowest BCUT2D eigenvalue weighted by atomic mass is 10.1. The summed E-state index contributed by atoms with van der Waals surface area (Å²) in [7, 11) is 0. The predicted octanol–water partition coefficient (Wildman–Crippen LogP) is 2.42. The van der Waals surface area contributed by atoms with E-state index in [1.54, 1.807) is 12.1 Å². The second kappa shape index (κ2) is 8.17. The molecule has 0 saturated heterocycles. The largest absolute Gasteiger partial charge is 0.397 e. The molecule has 0 aromatic heterocycles. The van der Waals surface area contributed by atoms with E-state index in [4.69, 9.17) is 11.5 Å². The normalized spacial score (nSPS) is 13.6. The minimum atomic E-state index is -0.150. The molecule has 0 heterocycles. The first-order chi connectivity index (χ1) is 9.70. The van der Waals surface area contributed by atoms with Gasteiger partial charge in [-0.3, -0.25) is 4.79 Å². The van der Waals surface area contributed by atoms with Crippen LogP contribution in [-0.4, -0.2) is 5.91 Å². The van der Waals surface area contributed by atoms with Gasteiger partial charge in [-0.25, -0.2) is 0 Å². The molecule has 108 valence electrons. The van der Waals surface area contributed by atoms with E-state index in [1.165, 1.54) is 0 Å². The quantitative estimate of drug-likeness (QED) is 0.791. The van der Waals surface area contributed by atoms with E-state index < -0.39 is 0 Å². The van der Waals surface area contributed by atoms with Crippen molar-refractivity contribution in [2.24, 2.45) is 11.5 Å². The average molecular weight is 273 g/mol. The minimum Gasteiger partial charge on any atom is -0.397 e. The van der Waals surface area contributed by atoms with E-state index in [1.807, 2.05) is 38.1 Å². The number of amides is 1. The SMILES string of the molecule is CC.NCc1ccc(C(=O)NC2=CCCC=C2N)cc1. The van der Waals surface area contributed by atoms with Gasteiger partial charge in [0.15, 0.2) is 0 Å². The van der Waals surface area contributed by atoms with Crippen LogP contribution in [0.15, 0.2) is 47.8 Å². The highest BCUT2D eigenvalue weighted by Crippen LogP contribution is 2.13. The van der Waals surface area contributed by atoms with Gasteiger partial charge >= 0.3 is 0 Å². The Morgan fingerprint density at radius 1 is 1.15 bits per heavy atom. The molecule has 4 heteroatoms. The van der Waals surface area contributed by atoms with Crippen LogP contribution in [-0.2, 0) is 6.54 Å². The summed E-state index contributed by atoms with van der Waals surface area (Å²) in [5, 5.41) is 2.82. The molecule has 0 radical (unpaired) electrons. The van der Waals surface area contributed by atoms with Crippen LogP contribution in [0.3, 0.4) is 0 Å². The maximum Gasteiger partial charge on any atom is 0.255 e. The fraction of sp³-hybridized carbons (Fsp3) is 0.312. The molecular formula is C16H23N3O. The van der Waals surface area contributed by atoms with Crippen molar-refractivity contribution in [1.29, 1.82) is 0 Å². The highest BCUT2D eigenvalue weighted by atomic mass is 16.1. The Labute approximate surface area is 120 Å². The molecule has 1 aromatic carbocycles. The molecule has 0 saturated carbocycles. The van der Waals surface area contributed by atoms with E-state index in [2.05, 4.69) is 5.32 Å².